The fraction of sp³-hybridized carbons (Fsp3) is 0.176. The van der Waals surface area contributed by atoms with E-state index in [1.165, 1.54) is 11.8 Å². The average molecular weight is 343 g/mol. The Morgan fingerprint density at radius 1 is 1.12 bits per heavy atom. The number of carbonyl (C=O) groups is 1. The highest BCUT2D eigenvalue weighted by atomic mass is 32.2. The van der Waals surface area contributed by atoms with Crippen LogP contribution in [0.5, 0.6) is 5.75 Å². The summed E-state index contributed by atoms with van der Waals surface area (Å²) in [6.45, 7) is 1.85. The molecule has 3 rings (SSSR count). The molecule has 0 radical (unpaired) electrons. The molecule has 1 atom stereocenters. The zero-order valence-corrected chi connectivity index (χ0v) is 14.1. The lowest BCUT2D eigenvalue weighted by molar-refractivity contribution is -0.115. The van der Waals surface area contributed by atoms with E-state index in [1.54, 1.807) is 25.3 Å². The summed E-state index contributed by atoms with van der Waals surface area (Å²) in [6.07, 6.45) is 0. The smallest absolute Gasteiger partial charge is 0.323 e. The minimum absolute atomic E-state index is 0.104. The van der Waals surface area contributed by atoms with Gasteiger partial charge in [0.2, 0.25) is 5.91 Å². The van der Waals surface area contributed by atoms with Crippen molar-refractivity contribution < 1.29 is 9.53 Å². The van der Waals surface area contributed by atoms with Crippen molar-refractivity contribution in [1.29, 1.82) is 0 Å². The molecular formula is C17H17N3O3S. The van der Waals surface area contributed by atoms with Crippen molar-refractivity contribution in [2.24, 2.45) is 0 Å². The summed E-state index contributed by atoms with van der Waals surface area (Å²) in [5.41, 5.74) is 1.74. The summed E-state index contributed by atoms with van der Waals surface area (Å²) in [7, 11) is 1.62. The number of H-pyrrole nitrogens is 2. The lowest BCUT2D eigenvalue weighted by atomic mass is 10.2. The van der Waals surface area contributed by atoms with Crippen LogP contribution in [-0.4, -0.2) is 28.2 Å². The molecule has 6 nitrogen and oxygen atoms in total. The zero-order valence-electron chi connectivity index (χ0n) is 13.3. The quantitative estimate of drug-likeness (QED) is 0.622. The number of fused-ring (bicyclic) bond motifs is 1. The molecule has 0 saturated heterocycles. The van der Waals surface area contributed by atoms with Gasteiger partial charge in [-0.15, -0.1) is 11.8 Å². The van der Waals surface area contributed by atoms with Crippen molar-refractivity contribution in [3.63, 3.8) is 0 Å². The van der Waals surface area contributed by atoms with Crippen molar-refractivity contribution in [3.8, 4) is 5.75 Å². The number of amides is 1. The zero-order chi connectivity index (χ0) is 17.1. The predicted molar refractivity (Wildman–Crippen MR) is 95.9 cm³/mol. The molecule has 0 spiro atoms. The Morgan fingerprint density at radius 2 is 1.83 bits per heavy atom. The van der Waals surface area contributed by atoms with E-state index in [1.807, 2.05) is 31.2 Å². The highest BCUT2D eigenvalue weighted by molar-refractivity contribution is 8.00. The second kappa shape index (κ2) is 6.84. The fourth-order valence-corrected chi connectivity index (χ4v) is 3.13. The summed E-state index contributed by atoms with van der Waals surface area (Å²) in [5, 5.41) is 2.60. The summed E-state index contributed by atoms with van der Waals surface area (Å²) in [4.78, 5) is 29.9. The Balaban J connectivity index is 1.66. The number of anilines is 1. The van der Waals surface area contributed by atoms with Crippen LogP contribution in [0.25, 0.3) is 11.0 Å². The maximum Gasteiger partial charge on any atom is 0.323 e. The molecule has 3 aromatic rings. The molecule has 1 amide bonds. The van der Waals surface area contributed by atoms with E-state index in [-0.39, 0.29) is 16.8 Å². The van der Waals surface area contributed by atoms with Crippen LogP contribution < -0.4 is 15.7 Å². The Labute approximate surface area is 142 Å². The topological polar surface area (TPSA) is 87.0 Å². The lowest BCUT2D eigenvalue weighted by Gasteiger charge is -2.12. The van der Waals surface area contributed by atoms with Crippen molar-refractivity contribution in [1.82, 2.24) is 9.97 Å². The monoisotopic (exact) mass is 343 g/mol. The van der Waals surface area contributed by atoms with Crippen LogP contribution in [0.3, 0.4) is 0 Å². The molecule has 0 aliphatic rings. The third kappa shape index (κ3) is 3.62. The molecule has 3 N–H and O–H groups in total. The van der Waals surface area contributed by atoms with Crippen molar-refractivity contribution >= 4 is 34.4 Å². The van der Waals surface area contributed by atoms with Crippen LogP contribution in [0, 0.1) is 0 Å². The minimum atomic E-state index is -0.267. The molecule has 1 heterocycles. The third-order valence-corrected chi connectivity index (χ3v) is 4.64. The SMILES string of the molecule is COc1ccc(SC(C)C(=O)Nc2ccc3[nH]c(=O)[nH]c3c2)cc1. The van der Waals surface area contributed by atoms with E-state index in [0.717, 1.165) is 10.6 Å². The molecule has 7 heteroatoms. The Morgan fingerprint density at radius 3 is 2.54 bits per heavy atom. The van der Waals surface area contributed by atoms with Gasteiger partial charge in [-0.05, 0) is 49.4 Å². The van der Waals surface area contributed by atoms with E-state index in [0.29, 0.717) is 16.7 Å². The van der Waals surface area contributed by atoms with Gasteiger partial charge in [0.1, 0.15) is 5.75 Å². The van der Waals surface area contributed by atoms with Crippen LogP contribution in [0.1, 0.15) is 6.92 Å². The second-order valence-electron chi connectivity index (χ2n) is 5.26. The van der Waals surface area contributed by atoms with Gasteiger partial charge >= 0.3 is 5.69 Å². The molecule has 24 heavy (non-hydrogen) atoms. The molecule has 0 bridgehead atoms. The number of methoxy groups -OCH3 is 1. The van der Waals surface area contributed by atoms with Gasteiger partial charge in [-0.3, -0.25) is 4.79 Å². The Kier molecular flexibility index (Phi) is 4.61. The van der Waals surface area contributed by atoms with Crippen LogP contribution in [0.15, 0.2) is 52.2 Å². The van der Waals surface area contributed by atoms with Crippen molar-refractivity contribution in [3.05, 3.63) is 52.9 Å². The molecule has 0 saturated carbocycles. The standard InChI is InChI=1S/C17H17N3O3S/c1-10(24-13-6-4-12(23-2)5-7-13)16(21)18-11-3-8-14-15(9-11)20-17(22)19-14/h3-10H,1-2H3,(H,18,21)(H2,19,20,22). The molecular weight excluding hydrogens is 326 g/mol. The molecule has 124 valence electrons. The van der Waals surface area contributed by atoms with Crippen LogP contribution in [0.2, 0.25) is 0 Å². The van der Waals surface area contributed by atoms with Gasteiger partial charge in [-0.25, -0.2) is 4.79 Å². The molecule has 2 aromatic carbocycles. The molecule has 0 fully saturated rings. The second-order valence-corrected chi connectivity index (χ2v) is 6.68. The number of nitrogens with one attached hydrogen (secondary N) is 3. The number of imidazole rings is 1. The highest BCUT2D eigenvalue weighted by Gasteiger charge is 2.15. The summed E-state index contributed by atoms with van der Waals surface area (Å²) in [6, 6.07) is 12.8. The van der Waals surface area contributed by atoms with E-state index >= 15 is 0 Å². The van der Waals surface area contributed by atoms with Gasteiger partial charge in [-0.1, -0.05) is 0 Å². The van der Waals surface area contributed by atoms with Crippen LogP contribution in [-0.2, 0) is 4.79 Å². The maximum atomic E-state index is 12.3. The number of hydrogen-bond acceptors (Lipinski definition) is 4. The predicted octanol–water partition coefficient (Wildman–Crippen LogP) is 2.98. The summed E-state index contributed by atoms with van der Waals surface area (Å²) < 4.78 is 5.12. The number of aromatic amines is 2. The van der Waals surface area contributed by atoms with Crippen molar-refractivity contribution in [2.45, 2.75) is 17.1 Å². The first-order valence-corrected chi connectivity index (χ1v) is 8.27. The summed E-state index contributed by atoms with van der Waals surface area (Å²) >= 11 is 1.47. The van der Waals surface area contributed by atoms with E-state index < -0.39 is 0 Å². The third-order valence-electron chi connectivity index (χ3n) is 3.53. The normalized spacial score (nSPS) is 12.1. The van der Waals surface area contributed by atoms with Crippen LogP contribution in [0.4, 0.5) is 5.69 Å². The first-order valence-electron chi connectivity index (χ1n) is 7.39. The first-order chi connectivity index (χ1) is 11.5. The first kappa shape index (κ1) is 16.2. The number of ether oxygens (including phenoxy) is 1. The number of rotatable bonds is 5. The molecule has 1 aromatic heterocycles. The molecule has 1 unspecified atom stereocenters. The van der Waals surface area contributed by atoms with Gasteiger partial charge in [0.15, 0.2) is 0 Å². The van der Waals surface area contributed by atoms with Gasteiger partial charge in [-0.2, -0.15) is 0 Å². The number of carbonyl (C=O) groups excluding carboxylic acids is 1. The Bertz CT molecular complexity index is 915. The number of benzene rings is 2. The van der Waals surface area contributed by atoms with Gasteiger partial charge in [0, 0.05) is 10.6 Å². The van der Waals surface area contributed by atoms with Crippen molar-refractivity contribution in [2.75, 3.05) is 12.4 Å². The maximum absolute atomic E-state index is 12.3. The van der Waals surface area contributed by atoms with Gasteiger partial charge in [0.25, 0.3) is 0 Å². The molecule has 0 aliphatic heterocycles. The van der Waals surface area contributed by atoms with Gasteiger partial charge in [0.05, 0.1) is 23.4 Å². The molecule has 0 aliphatic carbocycles. The van der Waals surface area contributed by atoms with Gasteiger partial charge < -0.3 is 20.0 Å². The van der Waals surface area contributed by atoms with Crippen LogP contribution >= 0.6 is 11.8 Å². The number of hydrogen-bond donors (Lipinski definition) is 3. The number of thioether (sulfide) groups is 1. The highest BCUT2D eigenvalue weighted by Crippen LogP contribution is 2.26. The fourth-order valence-electron chi connectivity index (χ4n) is 2.27. The number of aromatic nitrogens is 2. The van der Waals surface area contributed by atoms with E-state index in [9.17, 15) is 9.59 Å². The average Bonchev–Trinajstić information content (AvgIpc) is 2.94. The summed E-state index contributed by atoms with van der Waals surface area (Å²) in [5.74, 6) is 0.679. The van der Waals surface area contributed by atoms with E-state index in [2.05, 4.69) is 15.3 Å². The largest absolute Gasteiger partial charge is 0.497 e. The minimum Gasteiger partial charge on any atom is -0.497 e. The lowest BCUT2D eigenvalue weighted by Crippen LogP contribution is -2.22. The Hall–Kier alpha value is -2.67. The van der Waals surface area contributed by atoms with E-state index in [4.69, 9.17) is 4.74 Å².